The fourth-order valence-corrected chi connectivity index (χ4v) is 2.64. The van der Waals surface area contributed by atoms with Gasteiger partial charge in [0.2, 0.25) is 0 Å². The quantitative estimate of drug-likeness (QED) is 0.636. The Kier molecular flexibility index (Phi) is 4.20. The number of nitrogens with zero attached hydrogens (tertiary/aromatic N) is 3. The van der Waals surface area contributed by atoms with Crippen LogP contribution in [-0.4, -0.2) is 41.9 Å². The summed E-state index contributed by atoms with van der Waals surface area (Å²) >= 11 is 5.88. The molecule has 1 aromatic carbocycles. The Morgan fingerprint density at radius 3 is 2.30 bits per heavy atom. The highest BCUT2D eigenvalue weighted by atomic mass is 35.5. The van der Waals surface area contributed by atoms with E-state index in [4.69, 9.17) is 16.0 Å². The lowest BCUT2D eigenvalue weighted by Gasteiger charge is -2.35. The number of halogens is 1. The number of furan rings is 1. The first-order valence-electron chi connectivity index (χ1n) is 7.08. The van der Waals surface area contributed by atoms with Crippen molar-refractivity contribution in [1.82, 2.24) is 4.90 Å². The van der Waals surface area contributed by atoms with Gasteiger partial charge >= 0.3 is 5.88 Å². The largest absolute Gasteiger partial charge is 0.433 e. The summed E-state index contributed by atoms with van der Waals surface area (Å²) < 4.78 is 4.97. The third-order valence-corrected chi connectivity index (χ3v) is 3.99. The molecule has 1 saturated heterocycles. The minimum absolute atomic E-state index is 0.00311. The molecule has 0 saturated carbocycles. The molecule has 7 nitrogen and oxygen atoms in total. The summed E-state index contributed by atoms with van der Waals surface area (Å²) in [6.07, 6.45) is 0. The first-order valence-corrected chi connectivity index (χ1v) is 7.46. The van der Waals surface area contributed by atoms with Crippen LogP contribution >= 0.6 is 11.6 Å². The predicted octanol–water partition coefficient (Wildman–Crippen LogP) is 2.80. The van der Waals surface area contributed by atoms with Crippen LogP contribution in [0, 0.1) is 10.1 Å². The second-order valence-corrected chi connectivity index (χ2v) is 5.59. The van der Waals surface area contributed by atoms with Crippen molar-refractivity contribution in [2.24, 2.45) is 0 Å². The number of hydrogen-bond donors (Lipinski definition) is 0. The van der Waals surface area contributed by atoms with Crippen molar-refractivity contribution in [2.45, 2.75) is 0 Å². The van der Waals surface area contributed by atoms with Crippen LogP contribution in [0.15, 0.2) is 40.8 Å². The maximum Gasteiger partial charge on any atom is 0.433 e. The van der Waals surface area contributed by atoms with E-state index in [1.54, 1.807) is 4.90 Å². The maximum atomic E-state index is 12.3. The Labute approximate surface area is 137 Å². The van der Waals surface area contributed by atoms with E-state index >= 15 is 0 Å². The first kappa shape index (κ1) is 15.4. The van der Waals surface area contributed by atoms with Gasteiger partial charge in [0.1, 0.15) is 4.92 Å². The van der Waals surface area contributed by atoms with Crippen LogP contribution in [0.4, 0.5) is 11.6 Å². The zero-order valence-corrected chi connectivity index (χ0v) is 12.9. The van der Waals surface area contributed by atoms with Crippen molar-refractivity contribution < 1.29 is 14.1 Å². The second-order valence-electron chi connectivity index (χ2n) is 5.15. The molecule has 1 aromatic heterocycles. The SMILES string of the molecule is O=C(c1ccc([N+](=O)[O-])o1)N1CCN(c2ccc(Cl)cc2)CC1. The van der Waals surface area contributed by atoms with E-state index in [-0.39, 0.29) is 11.7 Å². The van der Waals surface area contributed by atoms with E-state index in [9.17, 15) is 14.9 Å². The molecule has 3 rings (SSSR count). The van der Waals surface area contributed by atoms with Crippen molar-refractivity contribution in [2.75, 3.05) is 31.1 Å². The molecule has 0 spiro atoms. The van der Waals surface area contributed by atoms with Gasteiger partial charge < -0.3 is 14.2 Å². The van der Waals surface area contributed by atoms with Crippen LogP contribution in [0.3, 0.4) is 0 Å². The predicted molar refractivity (Wildman–Crippen MR) is 84.9 cm³/mol. The smallest absolute Gasteiger partial charge is 0.395 e. The van der Waals surface area contributed by atoms with E-state index < -0.39 is 10.8 Å². The van der Waals surface area contributed by atoms with E-state index in [0.717, 1.165) is 5.69 Å². The summed E-state index contributed by atoms with van der Waals surface area (Å²) in [7, 11) is 0. The third-order valence-electron chi connectivity index (χ3n) is 3.74. The molecule has 120 valence electrons. The number of amides is 1. The Balaban J connectivity index is 1.62. The number of nitro groups is 1. The fraction of sp³-hybridized carbons (Fsp3) is 0.267. The zero-order valence-electron chi connectivity index (χ0n) is 12.1. The molecule has 23 heavy (non-hydrogen) atoms. The Morgan fingerprint density at radius 2 is 1.74 bits per heavy atom. The molecule has 2 aromatic rings. The molecule has 0 N–H and O–H groups in total. The summed E-state index contributed by atoms with van der Waals surface area (Å²) in [6, 6.07) is 10.1. The lowest BCUT2D eigenvalue weighted by atomic mass is 10.2. The lowest BCUT2D eigenvalue weighted by Crippen LogP contribution is -2.48. The third kappa shape index (κ3) is 3.29. The summed E-state index contributed by atoms with van der Waals surface area (Å²) in [4.78, 5) is 26.0. The topological polar surface area (TPSA) is 79.8 Å². The molecule has 0 bridgehead atoms. The highest BCUT2D eigenvalue weighted by Crippen LogP contribution is 2.21. The van der Waals surface area contributed by atoms with Crippen LogP contribution in [-0.2, 0) is 0 Å². The van der Waals surface area contributed by atoms with Crippen molar-refractivity contribution in [1.29, 1.82) is 0 Å². The highest BCUT2D eigenvalue weighted by molar-refractivity contribution is 6.30. The number of benzene rings is 1. The number of hydrogen-bond acceptors (Lipinski definition) is 5. The van der Waals surface area contributed by atoms with Crippen LogP contribution in [0.5, 0.6) is 0 Å². The summed E-state index contributed by atoms with van der Waals surface area (Å²) in [5.74, 6) is -0.751. The van der Waals surface area contributed by atoms with Crippen molar-refractivity contribution in [3.63, 3.8) is 0 Å². The standard InChI is InChI=1S/C15H14ClN3O4/c16-11-1-3-12(4-2-11)17-7-9-18(10-8-17)15(20)13-5-6-14(23-13)19(21)22/h1-6H,7-10H2. The van der Waals surface area contributed by atoms with Gasteiger partial charge in [-0.1, -0.05) is 11.6 Å². The molecule has 0 unspecified atom stereocenters. The number of anilines is 1. The monoisotopic (exact) mass is 335 g/mol. The molecule has 0 atom stereocenters. The van der Waals surface area contributed by atoms with Gasteiger partial charge in [-0.05, 0) is 30.3 Å². The van der Waals surface area contributed by atoms with Crippen molar-refractivity contribution in [3.05, 3.63) is 57.3 Å². The summed E-state index contributed by atoms with van der Waals surface area (Å²) in [6.45, 7) is 2.40. The van der Waals surface area contributed by atoms with Crippen LogP contribution in [0.1, 0.15) is 10.6 Å². The molecule has 1 amide bonds. The van der Waals surface area contributed by atoms with Gasteiger partial charge in [0.25, 0.3) is 5.91 Å². The number of piperazine rings is 1. The average molecular weight is 336 g/mol. The van der Waals surface area contributed by atoms with Crippen LogP contribution in [0.2, 0.25) is 5.02 Å². The van der Waals surface area contributed by atoms with Gasteiger partial charge in [0.05, 0.1) is 6.07 Å². The summed E-state index contributed by atoms with van der Waals surface area (Å²) in [5, 5.41) is 11.3. The first-order chi connectivity index (χ1) is 11.0. The van der Waals surface area contributed by atoms with Gasteiger partial charge in [0.15, 0.2) is 5.76 Å². The van der Waals surface area contributed by atoms with E-state index in [2.05, 4.69) is 4.90 Å². The van der Waals surface area contributed by atoms with Gasteiger partial charge in [-0.2, -0.15) is 0 Å². The average Bonchev–Trinajstić information content (AvgIpc) is 3.05. The summed E-state index contributed by atoms with van der Waals surface area (Å²) in [5.41, 5.74) is 1.05. The van der Waals surface area contributed by atoms with E-state index in [1.165, 1.54) is 12.1 Å². The molecule has 2 heterocycles. The molecule has 0 aliphatic carbocycles. The van der Waals surface area contributed by atoms with Gasteiger partial charge in [-0.3, -0.25) is 14.9 Å². The molecular formula is C15H14ClN3O4. The van der Waals surface area contributed by atoms with Crippen molar-refractivity contribution in [3.8, 4) is 0 Å². The number of carbonyl (C=O) groups is 1. The molecular weight excluding hydrogens is 322 g/mol. The fourth-order valence-electron chi connectivity index (χ4n) is 2.52. The van der Waals surface area contributed by atoms with Crippen LogP contribution in [0.25, 0.3) is 0 Å². The highest BCUT2D eigenvalue weighted by Gasteiger charge is 2.26. The maximum absolute atomic E-state index is 12.3. The zero-order chi connectivity index (χ0) is 16.4. The Bertz CT molecular complexity index is 721. The van der Waals surface area contributed by atoms with Gasteiger partial charge in [0, 0.05) is 36.9 Å². The van der Waals surface area contributed by atoms with Crippen LogP contribution < -0.4 is 4.90 Å². The molecule has 1 aliphatic heterocycles. The van der Waals surface area contributed by atoms with E-state index in [1.807, 2.05) is 24.3 Å². The molecule has 1 aliphatic rings. The molecule has 0 radical (unpaired) electrons. The molecule has 8 heteroatoms. The minimum atomic E-state index is -0.657. The van der Waals surface area contributed by atoms with Gasteiger partial charge in [-0.15, -0.1) is 0 Å². The number of carbonyl (C=O) groups excluding carboxylic acids is 1. The lowest BCUT2D eigenvalue weighted by molar-refractivity contribution is -0.402. The number of rotatable bonds is 3. The second kappa shape index (κ2) is 6.29. The Morgan fingerprint density at radius 1 is 1.09 bits per heavy atom. The Hall–Kier alpha value is -2.54. The normalized spacial score (nSPS) is 14.8. The van der Waals surface area contributed by atoms with E-state index in [0.29, 0.717) is 31.2 Å². The van der Waals surface area contributed by atoms with Gasteiger partial charge in [-0.25, -0.2) is 0 Å². The van der Waals surface area contributed by atoms with Crippen molar-refractivity contribution >= 4 is 29.1 Å². The molecule has 1 fully saturated rings. The minimum Gasteiger partial charge on any atom is -0.395 e.